The number of carbonyl (C=O) groups is 1. The SMILES string of the molecule is O=C(O[C@@H]1CC2c3ccccc3C1c1ccccc12)c1ccc([N+](=O)[O-])cc1. The van der Waals surface area contributed by atoms with Crippen LogP contribution in [-0.4, -0.2) is 17.0 Å². The van der Waals surface area contributed by atoms with Crippen molar-refractivity contribution in [2.45, 2.75) is 24.4 Å². The van der Waals surface area contributed by atoms with Crippen LogP contribution < -0.4 is 0 Å². The van der Waals surface area contributed by atoms with Gasteiger partial charge in [0.15, 0.2) is 0 Å². The first-order chi connectivity index (χ1) is 13.6. The summed E-state index contributed by atoms with van der Waals surface area (Å²) in [6.07, 6.45) is 0.495. The molecule has 5 heteroatoms. The van der Waals surface area contributed by atoms with Gasteiger partial charge in [-0.05, 0) is 40.8 Å². The fourth-order valence-electron chi connectivity index (χ4n) is 4.62. The van der Waals surface area contributed by atoms with Crippen molar-refractivity contribution in [2.24, 2.45) is 0 Å². The van der Waals surface area contributed by atoms with Crippen molar-refractivity contribution in [2.75, 3.05) is 0 Å². The van der Waals surface area contributed by atoms with E-state index in [0.29, 0.717) is 5.56 Å². The molecule has 3 aromatic rings. The zero-order valence-electron chi connectivity index (χ0n) is 14.9. The molecular formula is C23H17NO4. The minimum atomic E-state index is -0.483. The third-order valence-corrected chi connectivity index (χ3v) is 5.83. The molecule has 0 aromatic heterocycles. The second kappa shape index (κ2) is 6.30. The van der Waals surface area contributed by atoms with Gasteiger partial charge < -0.3 is 4.74 Å². The second-order valence-electron chi connectivity index (χ2n) is 7.27. The number of nitro benzene ring substituents is 1. The Balaban J connectivity index is 1.47. The summed E-state index contributed by atoms with van der Waals surface area (Å²) in [5.41, 5.74) is 5.35. The number of fused-ring (bicyclic) bond motifs is 1. The van der Waals surface area contributed by atoms with Gasteiger partial charge in [-0.15, -0.1) is 0 Å². The first kappa shape index (κ1) is 16.7. The van der Waals surface area contributed by atoms with Crippen LogP contribution >= 0.6 is 0 Å². The first-order valence-electron chi connectivity index (χ1n) is 9.26. The molecule has 0 saturated carbocycles. The average Bonchev–Trinajstić information content (AvgIpc) is 2.74. The van der Waals surface area contributed by atoms with Gasteiger partial charge >= 0.3 is 5.97 Å². The van der Waals surface area contributed by atoms with Crippen LogP contribution in [0.4, 0.5) is 5.69 Å². The third kappa shape index (κ3) is 2.51. The summed E-state index contributed by atoms with van der Waals surface area (Å²) < 4.78 is 5.92. The Morgan fingerprint density at radius 1 is 0.857 bits per heavy atom. The minimum absolute atomic E-state index is 0.0133. The maximum atomic E-state index is 12.7. The van der Waals surface area contributed by atoms with Gasteiger partial charge in [0.2, 0.25) is 0 Å². The van der Waals surface area contributed by atoms with Crippen LogP contribution in [0.15, 0.2) is 72.8 Å². The molecule has 0 aliphatic heterocycles. The Kier molecular flexibility index (Phi) is 3.76. The molecule has 2 bridgehead atoms. The standard InChI is InChI=1S/C23H17NO4/c25-23(14-9-11-15(12-10-14)24(26)27)28-21-13-20-16-5-1-3-7-18(16)22(21)19-8-4-2-6-17(19)20/h1-12,20-22H,13H2/t20?,21-,22?/m1/s1. The van der Waals surface area contributed by atoms with Crippen molar-refractivity contribution in [3.63, 3.8) is 0 Å². The van der Waals surface area contributed by atoms with Crippen LogP contribution in [0.25, 0.3) is 0 Å². The highest BCUT2D eigenvalue weighted by atomic mass is 16.6. The molecule has 138 valence electrons. The molecule has 1 atom stereocenters. The summed E-state index contributed by atoms with van der Waals surface area (Å²) in [7, 11) is 0. The number of benzene rings is 3. The highest BCUT2D eigenvalue weighted by molar-refractivity contribution is 5.90. The maximum absolute atomic E-state index is 12.7. The van der Waals surface area contributed by atoms with Crippen LogP contribution in [0.5, 0.6) is 0 Å². The lowest BCUT2D eigenvalue weighted by Gasteiger charge is -2.44. The summed E-state index contributed by atoms with van der Waals surface area (Å²) in [6, 6.07) is 22.3. The van der Waals surface area contributed by atoms with E-state index in [1.165, 1.54) is 46.5 Å². The summed E-state index contributed by atoms with van der Waals surface area (Å²) in [5, 5.41) is 10.8. The lowest BCUT2D eigenvalue weighted by molar-refractivity contribution is -0.384. The van der Waals surface area contributed by atoms with E-state index in [2.05, 4.69) is 36.4 Å². The van der Waals surface area contributed by atoms with Crippen LogP contribution in [0.3, 0.4) is 0 Å². The quantitative estimate of drug-likeness (QED) is 0.377. The maximum Gasteiger partial charge on any atom is 0.338 e. The highest BCUT2D eigenvalue weighted by Crippen LogP contribution is 2.53. The lowest BCUT2D eigenvalue weighted by atomic mass is 9.62. The van der Waals surface area contributed by atoms with Gasteiger partial charge in [-0.25, -0.2) is 4.79 Å². The topological polar surface area (TPSA) is 69.4 Å². The van der Waals surface area contributed by atoms with E-state index in [0.717, 1.165) is 6.42 Å². The van der Waals surface area contributed by atoms with E-state index in [-0.39, 0.29) is 23.6 Å². The van der Waals surface area contributed by atoms with Gasteiger partial charge in [0.05, 0.1) is 10.5 Å². The predicted octanol–water partition coefficient (Wildman–Crippen LogP) is 4.80. The largest absolute Gasteiger partial charge is 0.458 e. The van der Waals surface area contributed by atoms with Crippen molar-refractivity contribution in [3.05, 3.63) is 111 Å². The highest BCUT2D eigenvalue weighted by Gasteiger charge is 2.44. The van der Waals surface area contributed by atoms with Crippen LogP contribution in [0.1, 0.15) is 50.9 Å². The smallest absolute Gasteiger partial charge is 0.338 e. The number of non-ortho nitro benzene ring substituents is 1. The molecule has 3 aliphatic rings. The molecule has 0 unspecified atom stereocenters. The second-order valence-corrected chi connectivity index (χ2v) is 7.27. The summed E-state index contributed by atoms with van der Waals surface area (Å²) in [6.45, 7) is 0. The van der Waals surface area contributed by atoms with Gasteiger partial charge in [0.25, 0.3) is 5.69 Å². The van der Waals surface area contributed by atoms with Crippen molar-refractivity contribution in [1.82, 2.24) is 0 Å². The van der Waals surface area contributed by atoms with E-state index in [4.69, 9.17) is 4.74 Å². The first-order valence-corrected chi connectivity index (χ1v) is 9.26. The van der Waals surface area contributed by atoms with Gasteiger partial charge in [-0.3, -0.25) is 10.1 Å². The normalized spacial score (nSPS) is 21.5. The monoisotopic (exact) mass is 371 g/mol. The zero-order valence-corrected chi connectivity index (χ0v) is 14.9. The molecule has 0 radical (unpaired) electrons. The molecule has 0 saturated heterocycles. The predicted molar refractivity (Wildman–Crippen MR) is 103 cm³/mol. The van der Waals surface area contributed by atoms with Gasteiger partial charge in [-0.2, -0.15) is 0 Å². The Morgan fingerprint density at radius 2 is 1.39 bits per heavy atom. The lowest BCUT2D eigenvalue weighted by Crippen LogP contribution is -2.38. The van der Waals surface area contributed by atoms with Crippen LogP contribution in [-0.2, 0) is 4.74 Å². The summed E-state index contributed by atoms with van der Waals surface area (Å²) >= 11 is 0. The fourth-order valence-corrected chi connectivity index (χ4v) is 4.62. The van der Waals surface area contributed by atoms with Crippen molar-refractivity contribution in [1.29, 1.82) is 0 Å². The Labute approximate surface area is 161 Å². The van der Waals surface area contributed by atoms with E-state index in [9.17, 15) is 14.9 Å². The van der Waals surface area contributed by atoms with E-state index in [1.54, 1.807) is 0 Å². The number of carbonyl (C=O) groups excluding carboxylic acids is 1. The van der Waals surface area contributed by atoms with Crippen LogP contribution in [0, 0.1) is 10.1 Å². The Bertz CT molecular complexity index is 1040. The number of ether oxygens (including phenoxy) is 1. The van der Waals surface area contributed by atoms with E-state index < -0.39 is 10.9 Å². The summed E-state index contributed by atoms with van der Waals surface area (Å²) in [4.78, 5) is 23.0. The molecule has 0 N–H and O–H groups in total. The minimum Gasteiger partial charge on any atom is -0.458 e. The molecule has 0 amide bonds. The molecule has 0 heterocycles. The van der Waals surface area contributed by atoms with Crippen molar-refractivity contribution >= 4 is 11.7 Å². The van der Waals surface area contributed by atoms with Crippen LogP contribution in [0.2, 0.25) is 0 Å². The molecule has 28 heavy (non-hydrogen) atoms. The number of hydrogen-bond donors (Lipinski definition) is 0. The van der Waals surface area contributed by atoms with Crippen molar-refractivity contribution in [3.8, 4) is 0 Å². The average molecular weight is 371 g/mol. The van der Waals surface area contributed by atoms with Gasteiger partial charge in [0, 0.05) is 24.0 Å². The molecule has 0 fully saturated rings. The molecule has 6 rings (SSSR count). The number of hydrogen-bond acceptors (Lipinski definition) is 4. The number of esters is 1. The van der Waals surface area contributed by atoms with E-state index >= 15 is 0 Å². The van der Waals surface area contributed by atoms with E-state index in [1.807, 2.05) is 12.1 Å². The molecule has 0 spiro atoms. The number of nitrogens with zero attached hydrogens (tertiary/aromatic N) is 1. The molecular weight excluding hydrogens is 354 g/mol. The zero-order chi connectivity index (χ0) is 19.3. The third-order valence-electron chi connectivity index (χ3n) is 5.83. The van der Waals surface area contributed by atoms with Gasteiger partial charge in [-0.1, -0.05) is 48.5 Å². The molecule has 3 aliphatic carbocycles. The van der Waals surface area contributed by atoms with Gasteiger partial charge in [0.1, 0.15) is 6.10 Å². The fraction of sp³-hybridized carbons (Fsp3) is 0.174. The molecule has 3 aromatic carbocycles. The Morgan fingerprint density at radius 3 is 1.93 bits per heavy atom. The van der Waals surface area contributed by atoms with Crippen molar-refractivity contribution < 1.29 is 14.5 Å². The molecule has 5 nitrogen and oxygen atoms in total. The summed E-state index contributed by atoms with van der Waals surface area (Å²) in [5.74, 6) is -0.214. The number of nitro groups is 1. The Hall–Kier alpha value is -3.47. The number of rotatable bonds is 3.